The Morgan fingerprint density at radius 3 is 2.26 bits per heavy atom. The fourth-order valence-corrected chi connectivity index (χ4v) is 3.34. The van der Waals surface area contributed by atoms with E-state index in [-0.39, 0.29) is 22.9 Å². The Morgan fingerprint density at radius 1 is 1.16 bits per heavy atom. The number of rotatable bonds is 8. The van der Waals surface area contributed by atoms with Gasteiger partial charge in [0.1, 0.15) is 11.6 Å². The van der Waals surface area contributed by atoms with Gasteiger partial charge in [0.2, 0.25) is 10.0 Å². The van der Waals surface area contributed by atoms with E-state index in [1.807, 2.05) is 31.2 Å². The van der Waals surface area contributed by atoms with E-state index in [9.17, 15) is 18.5 Å². The summed E-state index contributed by atoms with van der Waals surface area (Å²) in [5, 5.41) is 19.9. The summed E-state index contributed by atoms with van der Waals surface area (Å²) in [6.07, 6.45) is 1.34. The molecule has 2 aromatic carbocycles. The molecule has 0 heterocycles. The molecule has 31 heavy (non-hydrogen) atoms. The van der Waals surface area contributed by atoms with E-state index in [1.165, 1.54) is 30.5 Å². The lowest BCUT2D eigenvalue weighted by Gasteiger charge is -2.22. The minimum absolute atomic E-state index is 0. The normalized spacial score (nSPS) is 11.1. The molecule has 0 spiro atoms. The summed E-state index contributed by atoms with van der Waals surface area (Å²) in [5.74, 6) is -0.620. The minimum Gasteiger partial charge on any atom is -1.00 e. The Hall–Kier alpha value is -3.06. The van der Waals surface area contributed by atoms with E-state index in [4.69, 9.17) is 5.14 Å². The number of carbonyl (C=O) groups is 1. The third-order valence-electron chi connectivity index (χ3n) is 4.52. The molecule has 0 atom stereocenters. The van der Waals surface area contributed by atoms with Crippen LogP contribution in [0.1, 0.15) is 19.4 Å². The molecule has 0 aromatic heterocycles. The molecule has 0 aliphatic heterocycles. The Bertz CT molecular complexity index is 1090. The Balaban J connectivity index is 0.00000480. The number of primary sulfonamides is 1. The highest BCUT2D eigenvalue weighted by Gasteiger charge is 2.12. The lowest BCUT2D eigenvalue weighted by Crippen LogP contribution is -3.00. The predicted molar refractivity (Wildman–Crippen MR) is 119 cm³/mol. The fourth-order valence-electron chi connectivity index (χ4n) is 2.82. The Kier molecular flexibility index (Phi) is 9.52. The summed E-state index contributed by atoms with van der Waals surface area (Å²) in [7, 11) is -3.81. The van der Waals surface area contributed by atoms with E-state index < -0.39 is 15.9 Å². The van der Waals surface area contributed by atoms with Gasteiger partial charge in [-0.15, -0.1) is 0 Å². The molecule has 2 aromatic rings. The van der Waals surface area contributed by atoms with Crippen LogP contribution < -0.4 is 33.1 Å². The number of nitrogens with two attached hydrogens (primary N) is 1. The number of sulfonamides is 1. The summed E-state index contributed by atoms with van der Waals surface area (Å²) in [6, 6.07) is 13.1. The van der Waals surface area contributed by atoms with Gasteiger partial charge < -0.3 is 27.9 Å². The summed E-state index contributed by atoms with van der Waals surface area (Å²) in [6.45, 7) is 7.93. The lowest BCUT2D eigenvalue weighted by molar-refractivity contribution is -0.112. The first-order valence-corrected chi connectivity index (χ1v) is 10.9. The molecule has 1 amide bonds. The van der Waals surface area contributed by atoms with Gasteiger partial charge in [0.25, 0.3) is 5.91 Å². The highest BCUT2D eigenvalue weighted by molar-refractivity contribution is 7.89. The summed E-state index contributed by atoms with van der Waals surface area (Å²) in [4.78, 5) is 14.5. The Labute approximate surface area is 189 Å². The van der Waals surface area contributed by atoms with Gasteiger partial charge in [-0.1, -0.05) is 0 Å². The zero-order valence-electron chi connectivity index (χ0n) is 17.5. The Morgan fingerprint density at radius 2 is 1.77 bits per heavy atom. The van der Waals surface area contributed by atoms with Crippen LogP contribution in [0.15, 0.2) is 59.1 Å². The summed E-state index contributed by atoms with van der Waals surface area (Å²) in [5.41, 5.74) is 3.08. The maximum atomic E-state index is 12.4. The number of hydrogen-bond donors (Lipinski definition) is 3. The van der Waals surface area contributed by atoms with Crippen molar-refractivity contribution >= 4 is 33.0 Å². The first-order chi connectivity index (χ1) is 14.2. The van der Waals surface area contributed by atoms with Crippen LogP contribution >= 0.6 is 0 Å². The maximum absolute atomic E-state index is 12.4. The van der Waals surface area contributed by atoms with Gasteiger partial charge in [0.15, 0.2) is 0 Å². The van der Waals surface area contributed by atoms with Gasteiger partial charge in [-0.3, -0.25) is 4.79 Å². The van der Waals surface area contributed by atoms with Crippen molar-refractivity contribution < 1.29 is 25.6 Å². The van der Waals surface area contributed by atoms with Crippen LogP contribution in [0.2, 0.25) is 0 Å². The smallest absolute Gasteiger partial charge is 0.267 e. The molecule has 2 rings (SSSR count). The van der Waals surface area contributed by atoms with Crippen LogP contribution in [0, 0.1) is 18.3 Å². The second-order valence-corrected chi connectivity index (χ2v) is 8.07. The first kappa shape index (κ1) is 26.0. The number of amides is 1. The minimum atomic E-state index is -3.81. The van der Waals surface area contributed by atoms with E-state index in [1.54, 1.807) is 0 Å². The van der Waals surface area contributed by atoms with Crippen molar-refractivity contribution in [2.45, 2.75) is 25.7 Å². The van der Waals surface area contributed by atoms with Crippen LogP contribution in [0.4, 0.5) is 17.1 Å². The number of carbonyl (C=O) groups excluding carboxylic acids is 1. The molecule has 0 bridgehead atoms. The zero-order valence-corrected chi connectivity index (χ0v) is 19.1. The number of anilines is 3. The molecule has 0 fully saturated rings. The van der Waals surface area contributed by atoms with Crippen molar-refractivity contribution in [2.24, 2.45) is 5.14 Å². The van der Waals surface area contributed by atoms with Gasteiger partial charge >= 0.3 is 0 Å². The van der Waals surface area contributed by atoms with Crippen LogP contribution in [0.3, 0.4) is 0 Å². The standard InChI is InChI=1S/C21H25N5O3S.ClH/c1-4-26(5-2)18-8-11-20(15(3)12-18)24-14-16(13-22)21(27)25-17-6-9-19(10-7-17)30(23,28)29;/h6-12,14,24H,4-5H2,1-3H3,(H,25,27)(H2,23,28,29);1H/p-1/b16-14-;. The van der Waals surface area contributed by atoms with Gasteiger partial charge in [-0.2, -0.15) is 5.26 Å². The van der Waals surface area contributed by atoms with Crippen molar-refractivity contribution in [1.29, 1.82) is 5.26 Å². The average molecular weight is 463 g/mol. The van der Waals surface area contributed by atoms with E-state index in [2.05, 4.69) is 29.4 Å². The molecule has 0 saturated heterocycles. The second-order valence-electron chi connectivity index (χ2n) is 6.51. The van der Waals surface area contributed by atoms with Crippen LogP contribution in [0.25, 0.3) is 0 Å². The van der Waals surface area contributed by atoms with Crippen molar-refractivity contribution in [3.8, 4) is 6.07 Å². The molecule has 8 nitrogen and oxygen atoms in total. The third-order valence-corrected chi connectivity index (χ3v) is 5.45. The highest BCUT2D eigenvalue weighted by Crippen LogP contribution is 2.23. The van der Waals surface area contributed by atoms with E-state index in [0.717, 1.165) is 30.0 Å². The topological polar surface area (TPSA) is 128 Å². The average Bonchev–Trinajstić information content (AvgIpc) is 2.70. The number of aryl methyl sites for hydroxylation is 1. The highest BCUT2D eigenvalue weighted by atomic mass is 35.5. The van der Waals surface area contributed by atoms with Gasteiger partial charge in [0, 0.05) is 36.4 Å². The van der Waals surface area contributed by atoms with Crippen molar-refractivity contribution in [2.75, 3.05) is 28.6 Å². The van der Waals surface area contributed by atoms with Crippen molar-refractivity contribution in [3.05, 3.63) is 59.8 Å². The summed E-state index contributed by atoms with van der Waals surface area (Å²) < 4.78 is 22.6. The fraction of sp³-hybridized carbons (Fsp3) is 0.238. The largest absolute Gasteiger partial charge is 1.00 e. The van der Waals surface area contributed by atoms with Gasteiger partial charge in [-0.05, 0) is 68.8 Å². The number of nitriles is 1. The molecule has 0 saturated carbocycles. The SMILES string of the molecule is CCN(CC)c1ccc(N/C=C(/C#N)C(=O)Nc2ccc(S(N)(=O)=O)cc2)c(C)c1.[Cl-]. The van der Waals surface area contributed by atoms with Crippen LogP contribution in [-0.2, 0) is 14.8 Å². The molecule has 0 aliphatic rings. The number of halogens is 1. The predicted octanol–water partition coefficient (Wildman–Crippen LogP) is -0.0493. The first-order valence-electron chi connectivity index (χ1n) is 9.36. The molecular weight excluding hydrogens is 438 g/mol. The molecule has 10 heteroatoms. The van der Waals surface area contributed by atoms with E-state index >= 15 is 0 Å². The van der Waals surface area contributed by atoms with Crippen molar-refractivity contribution in [1.82, 2.24) is 0 Å². The third kappa shape index (κ3) is 7.00. The lowest BCUT2D eigenvalue weighted by atomic mass is 10.1. The van der Waals surface area contributed by atoms with E-state index in [0.29, 0.717) is 5.69 Å². The van der Waals surface area contributed by atoms with Crippen molar-refractivity contribution in [3.63, 3.8) is 0 Å². The summed E-state index contributed by atoms with van der Waals surface area (Å²) >= 11 is 0. The van der Waals surface area contributed by atoms with Crippen LogP contribution in [0.5, 0.6) is 0 Å². The molecule has 4 N–H and O–H groups in total. The van der Waals surface area contributed by atoms with Gasteiger partial charge in [0.05, 0.1) is 4.90 Å². The van der Waals surface area contributed by atoms with Gasteiger partial charge in [-0.25, -0.2) is 13.6 Å². The quantitative estimate of drug-likeness (QED) is 0.372. The zero-order chi connectivity index (χ0) is 22.3. The monoisotopic (exact) mass is 462 g/mol. The maximum Gasteiger partial charge on any atom is 0.267 e. The number of hydrogen-bond acceptors (Lipinski definition) is 6. The molecule has 0 aliphatic carbocycles. The molecule has 166 valence electrons. The molecule has 0 radical (unpaired) electrons. The number of nitrogens with zero attached hydrogens (tertiary/aromatic N) is 2. The second kappa shape index (κ2) is 11.4. The van der Waals surface area contributed by atoms with Crippen LogP contribution in [-0.4, -0.2) is 27.4 Å². The molecule has 0 unspecified atom stereocenters. The number of benzene rings is 2. The molecular formula is C21H25ClN5O3S-. The number of nitrogens with one attached hydrogen (secondary N) is 2.